The van der Waals surface area contributed by atoms with Crippen LogP contribution in [0.1, 0.15) is 6.92 Å². The number of hydrogen-bond acceptors (Lipinski definition) is 9. The van der Waals surface area contributed by atoms with Crippen molar-refractivity contribution >= 4 is 36.3 Å². The first-order valence-electron chi connectivity index (χ1n) is 7.49. The van der Waals surface area contributed by atoms with Crippen molar-refractivity contribution in [2.45, 2.75) is 37.2 Å². The molecule has 0 aliphatic heterocycles. The van der Waals surface area contributed by atoms with Gasteiger partial charge in [0.15, 0.2) is 0 Å². The van der Waals surface area contributed by atoms with Gasteiger partial charge < -0.3 is 42.1 Å². The molecule has 0 aromatic carbocycles. The predicted octanol–water partition coefficient (Wildman–Crippen LogP) is -4.85. The summed E-state index contributed by atoms with van der Waals surface area (Å²) in [6, 6.07) is -5.73. The molecule has 12 nitrogen and oxygen atoms in total. The zero-order valence-electron chi connectivity index (χ0n) is 14.0. The first kappa shape index (κ1) is 24.1. The van der Waals surface area contributed by atoms with Crippen molar-refractivity contribution in [1.29, 1.82) is 0 Å². The summed E-state index contributed by atoms with van der Waals surface area (Å²) in [7, 11) is 0. The topological polar surface area (TPSA) is 211 Å². The molecule has 9 N–H and O–H groups in total. The number of amides is 3. The monoisotopic (exact) mass is 396 g/mol. The second-order valence-electron chi connectivity index (χ2n) is 5.34. The van der Waals surface area contributed by atoms with E-state index in [1.165, 1.54) is 6.92 Å². The Morgan fingerprint density at radius 2 is 1.46 bits per heavy atom. The van der Waals surface area contributed by atoms with Crippen LogP contribution in [-0.2, 0) is 19.2 Å². The van der Waals surface area contributed by atoms with Gasteiger partial charge in [0.2, 0.25) is 17.7 Å². The Hall–Kier alpha value is -1.93. The molecule has 0 radical (unpaired) electrons. The summed E-state index contributed by atoms with van der Waals surface area (Å²) in [6.07, 6.45) is -1.36. The Kier molecular flexibility index (Phi) is 10.8. The quantitative estimate of drug-likeness (QED) is 0.153. The summed E-state index contributed by atoms with van der Waals surface area (Å²) >= 11 is 3.83. The summed E-state index contributed by atoms with van der Waals surface area (Å²) in [5, 5.41) is 42.7. The highest BCUT2D eigenvalue weighted by atomic mass is 32.1. The Balaban J connectivity index is 5.04. The number of carboxylic acid groups (broad SMARTS) is 1. The molecule has 5 unspecified atom stereocenters. The lowest BCUT2D eigenvalue weighted by atomic mass is 10.1. The number of thiol groups is 1. The van der Waals surface area contributed by atoms with Crippen LogP contribution in [0.3, 0.4) is 0 Å². The van der Waals surface area contributed by atoms with E-state index < -0.39 is 67.2 Å². The Labute approximate surface area is 154 Å². The highest BCUT2D eigenvalue weighted by molar-refractivity contribution is 7.80. The van der Waals surface area contributed by atoms with Crippen molar-refractivity contribution in [1.82, 2.24) is 16.0 Å². The van der Waals surface area contributed by atoms with Crippen LogP contribution in [0.15, 0.2) is 0 Å². The lowest BCUT2D eigenvalue weighted by Crippen LogP contribution is -2.60. The van der Waals surface area contributed by atoms with Gasteiger partial charge in [0.05, 0.1) is 25.4 Å². The molecule has 26 heavy (non-hydrogen) atoms. The molecule has 0 saturated heterocycles. The number of aliphatic hydroxyl groups is 3. The molecule has 0 rings (SSSR count). The minimum Gasteiger partial charge on any atom is -0.480 e. The van der Waals surface area contributed by atoms with Gasteiger partial charge >= 0.3 is 5.97 Å². The van der Waals surface area contributed by atoms with E-state index >= 15 is 0 Å². The van der Waals surface area contributed by atoms with Gasteiger partial charge in [-0.05, 0) is 6.92 Å². The van der Waals surface area contributed by atoms with Crippen LogP contribution in [0.4, 0.5) is 0 Å². The number of aliphatic hydroxyl groups excluding tert-OH is 3. The van der Waals surface area contributed by atoms with Crippen molar-refractivity contribution in [3.8, 4) is 0 Å². The second kappa shape index (κ2) is 11.6. The fraction of sp³-hybridized carbons (Fsp3) is 0.692. The predicted molar refractivity (Wildman–Crippen MR) is 91.1 cm³/mol. The molecule has 0 aliphatic rings. The van der Waals surface area contributed by atoms with Crippen LogP contribution in [0.2, 0.25) is 0 Å². The van der Waals surface area contributed by atoms with E-state index in [9.17, 15) is 29.4 Å². The summed E-state index contributed by atoms with van der Waals surface area (Å²) in [6.45, 7) is -0.593. The highest BCUT2D eigenvalue weighted by Crippen LogP contribution is 1.98. The molecular formula is C13H24N4O8S. The zero-order valence-corrected chi connectivity index (χ0v) is 14.8. The van der Waals surface area contributed by atoms with Crippen molar-refractivity contribution in [3.63, 3.8) is 0 Å². The molecule has 5 atom stereocenters. The number of hydrogen-bond donors (Lipinski definition) is 9. The molecule has 0 spiro atoms. The van der Waals surface area contributed by atoms with Crippen LogP contribution in [-0.4, -0.2) is 93.4 Å². The first-order valence-corrected chi connectivity index (χ1v) is 8.12. The van der Waals surface area contributed by atoms with Gasteiger partial charge in [-0.25, -0.2) is 4.79 Å². The molecule has 0 saturated carbocycles. The normalized spacial score (nSPS) is 16.5. The van der Waals surface area contributed by atoms with Crippen molar-refractivity contribution < 1.29 is 39.6 Å². The maximum absolute atomic E-state index is 12.2. The molecule has 0 aromatic rings. The minimum atomic E-state index is -1.63. The average molecular weight is 396 g/mol. The van der Waals surface area contributed by atoms with E-state index in [0.717, 1.165) is 0 Å². The third-order valence-corrected chi connectivity index (χ3v) is 3.60. The van der Waals surface area contributed by atoms with E-state index in [-0.39, 0.29) is 5.75 Å². The van der Waals surface area contributed by atoms with Gasteiger partial charge in [0.1, 0.15) is 18.1 Å². The van der Waals surface area contributed by atoms with Crippen LogP contribution < -0.4 is 21.7 Å². The lowest BCUT2D eigenvalue weighted by molar-refractivity contribution is -0.143. The van der Waals surface area contributed by atoms with E-state index in [4.69, 9.17) is 15.9 Å². The highest BCUT2D eigenvalue weighted by Gasteiger charge is 2.31. The fourth-order valence-corrected chi connectivity index (χ4v) is 1.83. The summed E-state index contributed by atoms with van der Waals surface area (Å²) < 4.78 is 0. The van der Waals surface area contributed by atoms with Crippen LogP contribution in [0.5, 0.6) is 0 Å². The SMILES string of the molecule is CC(O)C(NC(=O)C(N)CS)C(=O)NC(CO)C(=O)NC(CO)C(=O)O. The van der Waals surface area contributed by atoms with E-state index in [2.05, 4.69) is 23.3 Å². The Morgan fingerprint density at radius 3 is 1.85 bits per heavy atom. The molecule has 3 amide bonds. The van der Waals surface area contributed by atoms with E-state index in [0.29, 0.717) is 0 Å². The molecule has 13 heteroatoms. The largest absolute Gasteiger partial charge is 0.480 e. The summed E-state index contributed by atoms with van der Waals surface area (Å²) in [5.74, 6) is -4.38. The number of nitrogens with one attached hydrogen (secondary N) is 3. The van der Waals surface area contributed by atoms with E-state index in [1.807, 2.05) is 5.32 Å². The van der Waals surface area contributed by atoms with Gasteiger partial charge in [-0.3, -0.25) is 14.4 Å². The number of aliphatic carboxylic acids is 1. The number of rotatable bonds is 11. The Bertz CT molecular complexity index is 518. The van der Waals surface area contributed by atoms with Crippen LogP contribution >= 0.6 is 12.6 Å². The van der Waals surface area contributed by atoms with Crippen molar-refractivity contribution in [2.75, 3.05) is 19.0 Å². The van der Waals surface area contributed by atoms with Crippen molar-refractivity contribution in [2.24, 2.45) is 5.73 Å². The van der Waals surface area contributed by atoms with Crippen LogP contribution in [0.25, 0.3) is 0 Å². The molecule has 150 valence electrons. The van der Waals surface area contributed by atoms with Crippen molar-refractivity contribution in [3.05, 3.63) is 0 Å². The molecule has 0 aromatic heterocycles. The molecule has 0 aliphatic carbocycles. The van der Waals surface area contributed by atoms with Crippen LogP contribution in [0, 0.1) is 0 Å². The third kappa shape index (κ3) is 7.53. The lowest BCUT2D eigenvalue weighted by Gasteiger charge is -2.25. The number of carbonyl (C=O) groups excluding carboxylic acids is 3. The maximum atomic E-state index is 12.2. The average Bonchev–Trinajstić information content (AvgIpc) is 2.59. The number of carbonyl (C=O) groups is 4. The van der Waals surface area contributed by atoms with E-state index in [1.54, 1.807) is 0 Å². The fourth-order valence-electron chi connectivity index (χ4n) is 1.66. The zero-order chi connectivity index (χ0) is 20.4. The Morgan fingerprint density at radius 1 is 0.962 bits per heavy atom. The smallest absolute Gasteiger partial charge is 0.328 e. The molecule has 0 fully saturated rings. The maximum Gasteiger partial charge on any atom is 0.328 e. The molecule has 0 heterocycles. The summed E-state index contributed by atoms with van der Waals surface area (Å²) in [4.78, 5) is 46.6. The van der Waals surface area contributed by atoms with Gasteiger partial charge in [0, 0.05) is 5.75 Å². The number of nitrogens with two attached hydrogens (primary N) is 1. The van der Waals surface area contributed by atoms with Gasteiger partial charge in [-0.1, -0.05) is 0 Å². The third-order valence-electron chi connectivity index (χ3n) is 3.21. The number of carboxylic acids is 1. The minimum absolute atomic E-state index is 0.0145. The molecular weight excluding hydrogens is 372 g/mol. The first-order chi connectivity index (χ1) is 12.1. The van der Waals surface area contributed by atoms with Gasteiger partial charge in [-0.2, -0.15) is 12.6 Å². The molecule has 0 bridgehead atoms. The van der Waals surface area contributed by atoms with Gasteiger partial charge in [0.25, 0.3) is 0 Å². The summed E-state index contributed by atoms with van der Waals surface area (Å²) in [5.41, 5.74) is 5.45. The van der Waals surface area contributed by atoms with Gasteiger partial charge in [-0.15, -0.1) is 0 Å². The standard InChI is InChI=1S/C13H24N4O8S/c1-5(20)9(17-10(21)6(14)4-26)12(23)15-7(2-18)11(22)16-8(3-19)13(24)25/h5-9,18-20,26H,2-4,14H2,1H3,(H,15,23)(H,16,22)(H,17,21)(H,24,25). The second-order valence-corrected chi connectivity index (χ2v) is 5.71.